The smallest absolute Gasteiger partial charge is 0.160 e. The van der Waals surface area contributed by atoms with Gasteiger partial charge in [-0.15, -0.1) is 0 Å². The SMILES string of the molecule is CCC1O[C@@H](OC)C(C)[C@H](C)[C@@H]1C. The van der Waals surface area contributed by atoms with Crippen molar-refractivity contribution in [2.24, 2.45) is 17.8 Å². The summed E-state index contributed by atoms with van der Waals surface area (Å²) in [5.74, 6) is 1.83. The summed E-state index contributed by atoms with van der Waals surface area (Å²) in [5, 5.41) is 0. The Morgan fingerprint density at radius 2 is 1.69 bits per heavy atom. The van der Waals surface area contributed by atoms with Crippen molar-refractivity contribution in [1.82, 2.24) is 0 Å². The van der Waals surface area contributed by atoms with Gasteiger partial charge in [0, 0.05) is 13.0 Å². The lowest BCUT2D eigenvalue weighted by atomic mass is 9.78. The largest absolute Gasteiger partial charge is 0.356 e. The average molecular weight is 186 g/mol. The van der Waals surface area contributed by atoms with Crippen LogP contribution in [0, 0.1) is 17.8 Å². The quantitative estimate of drug-likeness (QED) is 0.660. The van der Waals surface area contributed by atoms with E-state index in [1.807, 2.05) is 0 Å². The van der Waals surface area contributed by atoms with Gasteiger partial charge in [0.15, 0.2) is 6.29 Å². The molecule has 1 saturated heterocycles. The highest BCUT2D eigenvalue weighted by molar-refractivity contribution is 4.81. The minimum atomic E-state index is -0.00356. The van der Waals surface area contributed by atoms with Gasteiger partial charge < -0.3 is 9.47 Å². The highest BCUT2D eigenvalue weighted by atomic mass is 16.7. The third kappa shape index (κ3) is 2.05. The Balaban J connectivity index is 2.66. The molecule has 5 atom stereocenters. The molecule has 0 N–H and O–H groups in total. The lowest BCUT2D eigenvalue weighted by Crippen LogP contribution is -2.45. The standard InChI is InChI=1S/C11H22O2/c1-6-10-8(3)7(2)9(4)11(12-5)13-10/h7-11H,6H2,1-5H3/t7-,8+,9?,10?,11-/m1/s1. The molecule has 0 aromatic rings. The van der Waals surface area contributed by atoms with E-state index >= 15 is 0 Å². The zero-order chi connectivity index (χ0) is 10.0. The van der Waals surface area contributed by atoms with Crippen LogP contribution in [-0.2, 0) is 9.47 Å². The average Bonchev–Trinajstić information content (AvgIpc) is 2.15. The lowest BCUT2D eigenvalue weighted by molar-refractivity contribution is -0.237. The van der Waals surface area contributed by atoms with E-state index in [2.05, 4.69) is 27.7 Å². The maximum absolute atomic E-state index is 5.86. The van der Waals surface area contributed by atoms with E-state index in [9.17, 15) is 0 Å². The summed E-state index contributed by atoms with van der Waals surface area (Å²) in [7, 11) is 1.73. The third-order valence-electron chi connectivity index (χ3n) is 3.62. The number of hydrogen-bond acceptors (Lipinski definition) is 2. The van der Waals surface area contributed by atoms with Crippen molar-refractivity contribution in [3.05, 3.63) is 0 Å². The topological polar surface area (TPSA) is 18.5 Å². The van der Waals surface area contributed by atoms with Gasteiger partial charge in [0.2, 0.25) is 0 Å². The third-order valence-corrected chi connectivity index (χ3v) is 3.62. The van der Waals surface area contributed by atoms with Gasteiger partial charge in [-0.3, -0.25) is 0 Å². The van der Waals surface area contributed by atoms with Crippen LogP contribution >= 0.6 is 0 Å². The van der Waals surface area contributed by atoms with Crippen LogP contribution in [0.1, 0.15) is 34.1 Å². The van der Waals surface area contributed by atoms with Crippen LogP contribution < -0.4 is 0 Å². The van der Waals surface area contributed by atoms with E-state index in [1.165, 1.54) is 0 Å². The van der Waals surface area contributed by atoms with Gasteiger partial charge in [-0.2, -0.15) is 0 Å². The fraction of sp³-hybridized carbons (Fsp3) is 1.00. The van der Waals surface area contributed by atoms with Gasteiger partial charge in [-0.05, 0) is 18.3 Å². The lowest BCUT2D eigenvalue weighted by Gasteiger charge is -2.42. The first-order chi connectivity index (χ1) is 6.11. The predicted molar refractivity (Wildman–Crippen MR) is 53.5 cm³/mol. The molecule has 1 fully saturated rings. The fourth-order valence-electron chi connectivity index (χ4n) is 2.22. The van der Waals surface area contributed by atoms with Crippen molar-refractivity contribution in [2.45, 2.75) is 46.5 Å². The predicted octanol–water partition coefficient (Wildman–Crippen LogP) is 2.68. The summed E-state index contributed by atoms with van der Waals surface area (Å²) < 4.78 is 11.2. The molecule has 13 heavy (non-hydrogen) atoms. The number of methoxy groups -OCH3 is 1. The van der Waals surface area contributed by atoms with Crippen LogP contribution in [0.3, 0.4) is 0 Å². The maximum Gasteiger partial charge on any atom is 0.160 e. The monoisotopic (exact) mass is 186 g/mol. The fourth-order valence-corrected chi connectivity index (χ4v) is 2.22. The highest BCUT2D eigenvalue weighted by Crippen LogP contribution is 2.36. The van der Waals surface area contributed by atoms with Gasteiger partial charge >= 0.3 is 0 Å². The molecule has 78 valence electrons. The van der Waals surface area contributed by atoms with E-state index in [4.69, 9.17) is 9.47 Å². The second-order valence-corrected chi connectivity index (χ2v) is 4.26. The van der Waals surface area contributed by atoms with E-state index in [0.717, 1.165) is 6.42 Å². The molecule has 1 heterocycles. The highest BCUT2D eigenvalue weighted by Gasteiger charge is 2.38. The van der Waals surface area contributed by atoms with Gasteiger partial charge in [-0.1, -0.05) is 27.7 Å². The van der Waals surface area contributed by atoms with Crippen molar-refractivity contribution in [3.63, 3.8) is 0 Å². The van der Waals surface area contributed by atoms with Gasteiger partial charge in [0.25, 0.3) is 0 Å². The molecule has 0 amide bonds. The second kappa shape index (κ2) is 4.43. The van der Waals surface area contributed by atoms with Crippen LogP contribution in [-0.4, -0.2) is 19.5 Å². The Hall–Kier alpha value is -0.0800. The zero-order valence-corrected chi connectivity index (χ0v) is 9.41. The van der Waals surface area contributed by atoms with Crippen LogP contribution in [0.4, 0.5) is 0 Å². The molecule has 2 unspecified atom stereocenters. The zero-order valence-electron chi connectivity index (χ0n) is 9.41. The van der Waals surface area contributed by atoms with E-state index in [0.29, 0.717) is 23.9 Å². The van der Waals surface area contributed by atoms with Crippen LogP contribution in [0.25, 0.3) is 0 Å². The Bertz CT molecular complexity index is 138. The molecule has 0 bridgehead atoms. The van der Waals surface area contributed by atoms with Gasteiger partial charge in [0.1, 0.15) is 0 Å². The maximum atomic E-state index is 5.86. The Labute approximate surface area is 81.6 Å². The van der Waals surface area contributed by atoms with Crippen molar-refractivity contribution < 1.29 is 9.47 Å². The Kier molecular flexibility index (Phi) is 3.74. The summed E-state index contributed by atoms with van der Waals surface area (Å²) in [4.78, 5) is 0. The normalized spacial score (nSPS) is 46.4. The Morgan fingerprint density at radius 1 is 1.08 bits per heavy atom. The van der Waals surface area contributed by atoms with Gasteiger partial charge in [0.05, 0.1) is 6.10 Å². The van der Waals surface area contributed by atoms with Crippen molar-refractivity contribution in [2.75, 3.05) is 7.11 Å². The first kappa shape index (κ1) is 11.0. The second-order valence-electron chi connectivity index (χ2n) is 4.26. The van der Waals surface area contributed by atoms with Crippen molar-refractivity contribution >= 4 is 0 Å². The van der Waals surface area contributed by atoms with Crippen LogP contribution in [0.2, 0.25) is 0 Å². The molecular weight excluding hydrogens is 164 g/mol. The molecule has 0 aliphatic carbocycles. The minimum absolute atomic E-state index is 0.00356. The van der Waals surface area contributed by atoms with Crippen LogP contribution in [0.5, 0.6) is 0 Å². The van der Waals surface area contributed by atoms with Crippen molar-refractivity contribution in [3.8, 4) is 0 Å². The number of rotatable bonds is 2. The molecule has 1 rings (SSSR count). The summed E-state index contributed by atoms with van der Waals surface area (Å²) in [6.45, 7) is 8.96. The molecular formula is C11H22O2. The summed E-state index contributed by atoms with van der Waals surface area (Å²) in [5.41, 5.74) is 0. The summed E-state index contributed by atoms with van der Waals surface area (Å²) >= 11 is 0. The van der Waals surface area contributed by atoms with E-state index in [-0.39, 0.29) is 6.29 Å². The molecule has 1 aliphatic heterocycles. The molecule has 2 nitrogen and oxygen atoms in total. The van der Waals surface area contributed by atoms with E-state index in [1.54, 1.807) is 7.11 Å². The summed E-state index contributed by atoms with van der Waals surface area (Å²) in [6, 6.07) is 0. The Morgan fingerprint density at radius 3 is 2.15 bits per heavy atom. The number of ether oxygens (including phenoxy) is 2. The number of hydrogen-bond donors (Lipinski definition) is 0. The molecule has 0 aromatic carbocycles. The molecule has 2 heteroatoms. The van der Waals surface area contributed by atoms with Crippen molar-refractivity contribution in [1.29, 1.82) is 0 Å². The van der Waals surface area contributed by atoms with Gasteiger partial charge in [-0.25, -0.2) is 0 Å². The van der Waals surface area contributed by atoms with Crippen LogP contribution in [0.15, 0.2) is 0 Å². The first-order valence-corrected chi connectivity index (χ1v) is 5.30. The van der Waals surface area contributed by atoms with E-state index < -0.39 is 0 Å². The molecule has 0 spiro atoms. The molecule has 1 aliphatic rings. The minimum Gasteiger partial charge on any atom is -0.356 e. The first-order valence-electron chi connectivity index (χ1n) is 5.30. The molecule has 0 saturated carbocycles. The summed E-state index contributed by atoms with van der Waals surface area (Å²) in [6.07, 6.45) is 1.45. The molecule has 0 radical (unpaired) electrons. The molecule has 0 aromatic heterocycles.